The van der Waals surface area contributed by atoms with Crippen LogP contribution in [0.25, 0.3) is 0 Å². The average Bonchev–Trinajstić information content (AvgIpc) is 2.32. The minimum atomic E-state index is 0.00200. The van der Waals surface area contributed by atoms with Crippen LogP contribution in [0.1, 0.15) is 19.8 Å². The summed E-state index contributed by atoms with van der Waals surface area (Å²) in [5.41, 5.74) is 0. The largest absolute Gasteiger partial charge is 0.486 e. The molecule has 0 aromatic heterocycles. The minimum Gasteiger partial charge on any atom is -0.486 e. The Kier molecular flexibility index (Phi) is 5.36. The molecule has 1 aliphatic carbocycles. The maximum absolute atomic E-state index is 6.15. The smallest absolute Gasteiger partial charge is 0.134 e. The van der Waals surface area contributed by atoms with Gasteiger partial charge in [0.25, 0.3) is 0 Å². The van der Waals surface area contributed by atoms with E-state index in [1.165, 1.54) is 0 Å². The van der Waals surface area contributed by atoms with E-state index in [-0.39, 0.29) is 17.6 Å². The first kappa shape index (κ1) is 14.6. The van der Waals surface area contributed by atoms with Gasteiger partial charge >= 0.3 is 0 Å². The molecule has 5 heteroatoms. The van der Waals surface area contributed by atoms with Gasteiger partial charge in [-0.25, -0.2) is 0 Å². The standard InChI is InChI=1S/C13H15Br2ClO2/c1-2-5-17-13-10(16)7-12(13)18-11-4-3-8(14)6-9(11)15/h3-4,6,10,12-13H,2,5,7H2,1H3. The SMILES string of the molecule is CCCOC1C(Cl)CC1Oc1ccc(Br)cc1Br. The molecule has 0 bridgehead atoms. The van der Waals surface area contributed by atoms with Crippen LogP contribution in [0.3, 0.4) is 0 Å². The van der Waals surface area contributed by atoms with Crippen molar-refractivity contribution < 1.29 is 9.47 Å². The lowest BCUT2D eigenvalue weighted by molar-refractivity contribution is -0.0800. The fourth-order valence-corrected chi connectivity index (χ4v) is 3.39. The summed E-state index contributed by atoms with van der Waals surface area (Å²) < 4.78 is 13.6. The van der Waals surface area contributed by atoms with Crippen molar-refractivity contribution in [3.05, 3.63) is 27.1 Å². The predicted octanol–water partition coefficient (Wildman–Crippen LogP) is 4.77. The molecule has 0 aliphatic heterocycles. The molecule has 0 heterocycles. The molecule has 2 rings (SSSR count). The lowest BCUT2D eigenvalue weighted by Gasteiger charge is -2.40. The van der Waals surface area contributed by atoms with Crippen LogP contribution in [0, 0.1) is 0 Å². The molecule has 2 nitrogen and oxygen atoms in total. The van der Waals surface area contributed by atoms with Crippen LogP contribution in [0.15, 0.2) is 27.1 Å². The average molecular weight is 399 g/mol. The van der Waals surface area contributed by atoms with Gasteiger partial charge in [-0.1, -0.05) is 22.9 Å². The van der Waals surface area contributed by atoms with Crippen molar-refractivity contribution >= 4 is 43.5 Å². The van der Waals surface area contributed by atoms with Gasteiger partial charge in [-0.3, -0.25) is 0 Å². The molecule has 3 unspecified atom stereocenters. The van der Waals surface area contributed by atoms with Crippen LogP contribution in [0.4, 0.5) is 0 Å². The number of hydrogen-bond acceptors (Lipinski definition) is 2. The van der Waals surface area contributed by atoms with E-state index >= 15 is 0 Å². The number of hydrogen-bond donors (Lipinski definition) is 0. The molecular formula is C13H15Br2ClO2. The molecule has 1 fully saturated rings. The Balaban J connectivity index is 1.96. The minimum absolute atomic E-state index is 0.00200. The first-order valence-electron chi connectivity index (χ1n) is 5.99. The topological polar surface area (TPSA) is 18.5 Å². The fraction of sp³-hybridized carbons (Fsp3) is 0.538. The van der Waals surface area contributed by atoms with Crippen molar-refractivity contribution in [2.75, 3.05) is 6.61 Å². The summed E-state index contributed by atoms with van der Waals surface area (Å²) in [6.07, 6.45) is 1.88. The lowest BCUT2D eigenvalue weighted by atomic mass is 9.91. The summed E-state index contributed by atoms with van der Waals surface area (Å²) in [6, 6.07) is 5.86. The van der Waals surface area contributed by atoms with Crippen molar-refractivity contribution in [1.29, 1.82) is 0 Å². The van der Waals surface area contributed by atoms with Gasteiger partial charge in [-0.05, 0) is 40.5 Å². The van der Waals surface area contributed by atoms with Crippen LogP contribution in [-0.4, -0.2) is 24.2 Å². The number of halogens is 3. The molecule has 3 atom stereocenters. The van der Waals surface area contributed by atoms with E-state index in [1.807, 2.05) is 18.2 Å². The van der Waals surface area contributed by atoms with Crippen LogP contribution in [0.5, 0.6) is 5.75 Å². The zero-order chi connectivity index (χ0) is 13.1. The van der Waals surface area contributed by atoms with Crippen molar-refractivity contribution in [3.8, 4) is 5.75 Å². The number of alkyl halides is 1. The van der Waals surface area contributed by atoms with Gasteiger partial charge in [-0.2, -0.15) is 0 Å². The second kappa shape index (κ2) is 6.60. The van der Waals surface area contributed by atoms with Gasteiger partial charge in [0.2, 0.25) is 0 Å². The van der Waals surface area contributed by atoms with E-state index in [1.54, 1.807) is 0 Å². The third kappa shape index (κ3) is 3.41. The maximum atomic E-state index is 6.15. The molecule has 1 aromatic rings. The van der Waals surface area contributed by atoms with Crippen molar-refractivity contribution in [1.82, 2.24) is 0 Å². The van der Waals surface area contributed by atoms with Gasteiger partial charge in [-0.15, -0.1) is 11.6 Å². The second-order valence-electron chi connectivity index (χ2n) is 4.32. The molecule has 1 aromatic carbocycles. The normalized spacial score (nSPS) is 26.8. The summed E-state index contributed by atoms with van der Waals surface area (Å²) in [5.74, 6) is 0.830. The van der Waals surface area contributed by atoms with Crippen LogP contribution in [0.2, 0.25) is 0 Å². The molecule has 0 spiro atoms. The summed E-state index contributed by atoms with van der Waals surface area (Å²) in [7, 11) is 0. The summed E-state index contributed by atoms with van der Waals surface area (Å²) in [5, 5.41) is 0.0655. The fourth-order valence-electron chi connectivity index (χ4n) is 1.84. The van der Waals surface area contributed by atoms with Crippen molar-refractivity contribution in [2.45, 2.75) is 37.4 Å². The van der Waals surface area contributed by atoms with Crippen molar-refractivity contribution in [3.63, 3.8) is 0 Å². The Bertz CT molecular complexity index is 414. The monoisotopic (exact) mass is 396 g/mol. The predicted molar refractivity (Wildman–Crippen MR) is 80.5 cm³/mol. The Morgan fingerprint density at radius 3 is 2.78 bits per heavy atom. The highest BCUT2D eigenvalue weighted by atomic mass is 79.9. The highest BCUT2D eigenvalue weighted by molar-refractivity contribution is 9.11. The molecule has 0 radical (unpaired) electrons. The van der Waals surface area contributed by atoms with Gasteiger partial charge in [0.05, 0.1) is 9.85 Å². The third-order valence-corrected chi connectivity index (χ3v) is 4.41. The molecule has 0 amide bonds. The van der Waals surface area contributed by atoms with Gasteiger partial charge < -0.3 is 9.47 Å². The first-order valence-corrected chi connectivity index (χ1v) is 8.01. The van der Waals surface area contributed by atoms with Crippen LogP contribution in [-0.2, 0) is 4.74 Å². The molecule has 18 heavy (non-hydrogen) atoms. The van der Waals surface area contributed by atoms with E-state index < -0.39 is 0 Å². The molecule has 1 aliphatic rings. The molecule has 1 saturated carbocycles. The van der Waals surface area contributed by atoms with Crippen molar-refractivity contribution in [2.24, 2.45) is 0 Å². The van der Waals surface area contributed by atoms with Gasteiger partial charge in [0.15, 0.2) is 0 Å². The second-order valence-corrected chi connectivity index (χ2v) is 6.65. The third-order valence-electron chi connectivity index (χ3n) is 2.87. The number of ether oxygens (including phenoxy) is 2. The molecule has 0 N–H and O–H groups in total. The Hall–Kier alpha value is 0.230. The lowest BCUT2D eigenvalue weighted by Crippen LogP contribution is -2.52. The first-order chi connectivity index (χ1) is 8.61. The molecular weight excluding hydrogens is 383 g/mol. The Labute approximate surface area is 129 Å². The van der Waals surface area contributed by atoms with E-state index in [0.29, 0.717) is 0 Å². The number of rotatable bonds is 5. The highest BCUT2D eigenvalue weighted by Gasteiger charge is 2.42. The van der Waals surface area contributed by atoms with Crippen LogP contribution >= 0.6 is 43.5 Å². The van der Waals surface area contributed by atoms with E-state index in [0.717, 1.165) is 34.1 Å². The van der Waals surface area contributed by atoms with Gasteiger partial charge in [0.1, 0.15) is 18.0 Å². The molecule has 0 saturated heterocycles. The number of benzene rings is 1. The zero-order valence-electron chi connectivity index (χ0n) is 10.0. The van der Waals surface area contributed by atoms with Crippen LogP contribution < -0.4 is 4.74 Å². The maximum Gasteiger partial charge on any atom is 0.134 e. The van der Waals surface area contributed by atoms with E-state index in [9.17, 15) is 0 Å². The Morgan fingerprint density at radius 2 is 2.17 bits per heavy atom. The highest BCUT2D eigenvalue weighted by Crippen LogP contribution is 2.36. The quantitative estimate of drug-likeness (QED) is 0.666. The Morgan fingerprint density at radius 1 is 1.39 bits per heavy atom. The van der Waals surface area contributed by atoms with E-state index in [4.69, 9.17) is 21.1 Å². The van der Waals surface area contributed by atoms with E-state index in [2.05, 4.69) is 38.8 Å². The summed E-state index contributed by atoms with van der Waals surface area (Å²) in [6.45, 7) is 2.82. The summed E-state index contributed by atoms with van der Waals surface area (Å²) in [4.78, 5) is 0. The zero-order valence-corrected chi connectivity index (χ0v) is 14.0. The van der Waals surface area contributed by atoms with Gasteiger partial charge in [0, 0.05) is 17.5 Å². The molecule has 100 valence electrons. The summed E-state index contributed by atoms with van der Waals surface area (Å²) >= 11 is 13.1.